The monoisotopic (exact) mass is 224 g/mol. The minimum absolute atomic E-state index is 0.398. The maximum atomic E-state index is 4.15. The largest absolute Gasteiger partial charge is 0.313 e. The van der Waals surface area contributed by atoms with Crippen molar-refractivity contribution < 1.29 is 0 Å². The van der Waals surface area contributed by atoms with Gasteiger partial charge < -0.3 is 5.32 Å². The van der Waals surface area contributed by atoms with Crippen LogP contribution in [-0.4, -0.2) is 17.6 Å². The SMILES string of the molecule is CCC(C)(CNC1CC1)Cc1cncs1. The minimum atomic E-state index is 0.398. The van der Waals surface area contributed by atoms with Crippen LogP contribution in [0.15, 0.2) is 11.7 Å². The lowest BCUT2D eigenvalue weighted by Gasteiger charge is -2.28. The molecule has 1 saturated carbocycles. The zero-order valence-electron chi connectivity index (χ0n) is 9.62. The molecule has 1 fully saturated rings. The van der Waals surface area contributed by atoms with Crippen LogP contribution in [0, 0.1) is 5.41 Å². The van der Waals surface area contributed by atoms with Gasteiger partial charge in [-0.1, -0.05) is 13.8 Å². The third kappa shape index (κ3) is 3.28. The van der Waals surface area contributed by atoms with Crippen molar-refractivity contribution in [1.29, 1.82) is 0 Å². The summed E-state index contributed by atoms with van der Waals surface area (Å²) in [5, 5.41) is 3.64. The van der Waals surface area contributed by atoms with Crippen LogP contribution in [0.25, 0.3) is 0 Å². The van der Waals surface area contributed by atoms with Gasteiger partial charge in [0.05, 0.1) is 5.51 Å². The molecule has 0 amide bonds. The Labute approximate surface area is 96.1 Å². The highest BCUT2D eigenvalue weighted by Crippen LogP contribution is 2.29. The van der Waals surface area contributed by atoms with Crippen LogP contribution in [0.4, 0.5) is 0 Å². The quantitative estimate of drug-likeness (QED) is 0.803. The molecule has 1 unspecified atom stereocenters. The summed E-state index contributed by atoms with van der Waals surface area (Å²) in [6.07, 6.45) is 7.15. The zero-order chi connectivity index (χ0) is 10.7. The smallest absolute Gasteiger partial charge is 0.0794 e. The summed E-state index contributed by atoms with van der Waals surface area (Å²) >= 11 is 1.78. The molecule has 0 aromatic carbocycles. The summed E-state index contributed by atoms with van der Waals surface area (Å²) < 4.78 is 0. The van der Waals surface area contributed by atoms with Crippen molar-refractivity contribution >= 4 is 11.3 Å². The lowest BCUT2D eigenvalue weighted by Crippen LogP contribution is -2.34. The Hall–Kier alpha value is -0.410. The van der Waals surface area contributed by atoms with Crippen LogP contribution in [0.5, 0.6) is 0 Å². The number of nitrogens with one attached hydrogen (secondary N) is 1. The van der Waals surface area contributed by atoms with Crippen LogP contribution < -0.4 is 5.32 Å². The summed E-state index contributed by atoms with van der Waals surface area (Å²) in [6.45, 7) is 5.81. The summed E-state index contributed by atoms with van der Waals surface area (Å²) in [5.41, 5.74) is 2.33. The second kappa shape index (κ2) is 4.62. The Kier molecular flexibility index (Phi) is 3.42. The molecule has 2 rings (SSSR count). The van der Waals surface area contributed by atoms with Gasteiger partial charge in [0.2, 0.25) is 0 Å². The van der Waals surface area contributed by atoms with E-state index in [2.05, 4.69) is 24.1 Å². The summed E-state index contributed by atoms with van der Waals surface area (Å²) in [5.74, 6) is 0. The van der Waals surface area contributed by atoms with Crippen LogP contribution in [-0.2, 0) is 6.42 Å². The van der Waals surface area contributed by atoms with Crippen LogP contribution in [0.2, 0.25) is 0 Å². The average molecular weight is 224 g/mol. The molecule has 1 atom stereocenters. The lowest BCUT2D eigenvalue weighted by molar-refractivity contribution is 0.291. The van der Waals surface area contributed by atoms with Crippen LogP contribution in [0.3, 0.4) is 0 Å². The molecule has 0 spiro atoms. The molecule has 1 aliphatic carbocycles. The molecule has 1 aromatic heterocycles. The number of aromatic nitrogens is 1. The molecule has 1 N–H and O–H groups in total. The molecular weight excluding hydrogens is 204 g/mol. The van der Waals surface area contributed by atoms with Gasteiger partial charge in [-0.2, -0.15) is 0 Å². The van der Waals surface area contributed by atoms with Gasteiger partial charge in [-0.25, -0.2) is 0 Å². The Morgan fingerprint density at radius 3 is 2.93 bits per heavy atom. The number of rotatable bonds is 6. The molecule has 0 saturated heterocycles. The van der Waals surface area contributed by atoms with Gasteiger partial charge >= 0.3 is 0 Å². The van der Waals surface area contributed by atoms with Gasteiger partial charge in [0.15, 0.2) is 0 Å². The fourth-order valence-corrected chi connectivity index (χ4v) is 2.55. The van der Waals surface area contributed by atoms with Crippen molar-refractivity contribution in [3.8, 4) is 0 Å². The third-order valence-corrected chi connectivity index (χ3v) is 4.11. The molecule has 0 radical (unpaired) electrons. The van der Waals surface area contributed by atoms with Crippen LogP contribution in [0.1, 0.15) is 38.0 Å². The number of hydrogen-bond donors (Lipinski definition) is 1. The first-order valence-electron chi connectivity index (χ1n) is 5.82. The first-order chi connectivity index (χ1) is 7.22. The molecule has 1 aliphatic rings. The van der Waals surface area contributed by atoms with Gasteiger partial charge in [0, 0.05) is 23.7 Å². The predicted octanol–water partition coefficient (Wildman–Crippen LogP) is 2.85. The topological polar surface area (TPSA) is 24.9 Å². The summed E-state index contributed by atoms with van der Waals surface area (Å²) in [6, 6.07) is 0.817. The fourth-order valence-electron chi connectivity index (χ4n) is 1.74. The highest BCUT2D eigenvalue weighted by atomic mass is 32.1. The molecule has 15 heavy (non-hydrogen) atoms. The number of nitrogens with zero attached hydrogens (tertiary/aromatic N) is 1. The Morgan fingerprint density at radius 1 is 1.60 bits per heavy atom. The minimum Gasteiger partial charge on any atom is -0.313 e. The predicted molar refractivity (Wildman–Crippen MR) is 65.2 cm³/mol. The Bertz CT molecular complexity index is 293. The van der Waals surface area contributed by atoms with Crippen LogP contribution >= 0.6 is 11.3 Å². The molecular formula is C12H20N2S. The standard InChI is InChI=1S/C12H20N2S/c1-3-12(2,8-14-10-4-5-10)6-11-7-13-9-15-11/h7,9-10,14H,3-6,8H2,1-2H3. The first kappa shape index (κ1) is 11.1. The molecule has 2 nitrogen and oxygen atoms in total. The average Bonchev–Trinajstić information content (AvgIpc) is 2.94. The zero-order valence-corrected chi connectivity index (χ0v) is 10.4. The van der Waals surface area contributed by atoms with E-state index in [1.807, 2.05) is 11.7 Å². The van der Waals surface area contributed by atoms with Gasteiger partial charge in [-0.15, -0.1) is 11.3 Å². The fraction of sp³-hybridized carbons (Fsp3) is 0.750. The van der Waals surface area contributed by atoms with Gasteiger partial charge in [0.1, 0.15) is 0 Å². The van der Waals surface area contributed by atoms with E-state index in [1.54, 1.807) is 11.3 Å². The van der Waals surface area contributed by atoms with Gasteiger partial charge in [-0.3, -0.25) is 4.98 Å². The second-order valence-corrected chi connectivity index (χ2v) is 5.93. The van der Waals surface area contributed by atoms with E-state index in [4.69, 9.17) is 0 Å². The van der Waals surface area contributed by atoms with Crippen molar-refractivity contribution in [1.82, 2.24) is 10.3 Å². The summed E-state index contributed by atoms with van der Waals surface area (Å²) in [4.78, 5) is 5.56. The molecule has 1 aromatic rings. The Balaban J connectivity index is 1.87. The van der Waals surface area contributed by atoms with E-state index < -0.39 is 0 Å². The third-order valence-electron chi connectivity index (χ3n) is 3.33. The second-order valence-electron chi connectivity index (χ2n) is 4.96. The maximum Gasteiger partial charge on any atom is 0.0794 e. The first-order valence-corrected chi connectivity index (χ1v) is 6.70. The molecule has 84 valence electrons. The van der Waals surface area contributed by atoms with E-state index in [-0.39, 0.29) is 0 Å². The number of hydrogen-bond acceptors (Lipinski definition) is 3. The van der Waals surface area contributed by atoms with Crippen molar-refractivity contribution in [2.75, 3.05) is 6.54 Å². The highest BCUT2D eigenvalue weighted by Gasteiger charge is 2.27. The normalized spacial score (nSPS) is 20.1. The van der Waals surface area contributed by atoms with Crippen molar-refractivity contribution in [3.05, 3.63) is 16.6 Å². The maximum absolute atomic E-state index is 4.15. The molecule has 0 aliphatic heterocycles. The molecule has 0 bridgehead atoms. The number of thiazole rings is 1. The van der Waals surface area contributed by atoms with E-state index >= 15 is 0 Å². The van der Waals surface area contributed by atoms with E-state index in [9.17, 15) is 0 Å². The van der Waals surface area contributed by atoms with E-state index in [1.165, 1.54) is 24.1 Å². The van der Waals surface area contributed by atoms with Gasteiger partial charge in [-0.05, 0) is 31.1 Å². The summed E-state index contributed by atoms with van der Waals surface area (Å²) in [7, 11) is 0. The highest BCUT2D eigenvalue weighted by molar-refractivity contribution is 7.09. The van der Waals surface area contributed by atoms with Crippen molar-refractivity contribution in [2.45, 2.75) is 45.6 Å². The lowest BCUT2D eigenvalue weighted by atomic mass is 9.83. The van der Waals surface area contributed by atoms with E-state index in [0.717, 1.165) is 19.0 Å². The van der Waals surface area contributed by atoms with Crippen molar-refractivity contribution in [2.24, 2.45) is 5.41 Å². The molecule has 1 heterocycles. The van der Waals surface area contributed by atoms with E-state index in [0.29, 0.717) is 5.41 Å². The van der Waals surface area contributed by atoms with Gasteiger partial charge in [0.25, 0.3) is 0 Å². The Morgan fingerprint density at radius 2 is 2.40 bits per heavy atom. The molecule has 3 heteroatoms. The van der Waals surface area contributed by atoms with Crippen molar-refractivity contribution in [3.63, 3.8) is 0 Å².